The molecule has 0 unspecified atom stereocenters. The average Bonchev–Trinajstić information content (AvgIpc) is 2.15. The van der Waals surface area contributed by atoms with Crippen molar-refractivity contribution in [2.45, 2.75) is 46.5 Å². The maximum absolute atomic E-state index is 5.49. The lowest BCUT2D eigenvalue weighted by Gasteiger charge is -2.06. The third kappa shape index (κ3) is 11.9. The zero-order chi connectivity index (χ0) is 10.6. The Morgan fingerprint density at radius 1 is 0.857 bits per heavy atom. The Hall–Kier alpha value is -0.0800. The number of rotatable bonds is 10. The fourth-order valence-corrected chi connectivity index (χ4v) is 1.23. The first-order chi connectivity index (χ1) is 6.77. The molecule has 0 saturated heterocycles. The van der Waals surface area contributed by atoms with E-state index in [1.54, 1.807) is 0 Å². The van der Waals surface area contributed by atoms with Gasteiger partial charge in [-0.2, -0.15) is 0 Å². The minimum Gasteiger partial charge on any atom is -0.382 e. The molecule has 2 heteroatoms. The molecule has 0 rings (SSSR count). The molecule has 0 radical (unpaired) electrons. The van der Waals surface area contributed by atoms with Crippen LogP contribution in [0.2, 0.25) is 0 Å². The van der Waals surface area contributed by atoms with Gasteiger partial charge in [0, 0.05) is 26.4 Å². The molecule has 0 bridgehead atoms. The summed E-state index contributed by atoms with van der Waals surface area (Å²) in [7, 11) is 0. The van der Waals surface area contributed by atoms with Crippen LogP contribution < -0.4 is 0 Å². The van der Waals surface area contributed by atoms with Gasteiger partial charge in [-0.05, 0) is 25.7 Å². The Labute approximate surface area is 89.0 Å². The van der Waals surface area contributed by atoms with Gasteiger partial charge in [0.1, 0.15) is 0 Å². The molecule has 86 valence electrons. The summed E-state index contributed by atoms with van der Waals surface area (Å²) in [4.78, 5) is 0. The fourth-order valence-electron chi connectivity index (χ4n) is 1.23. The van der Waals surface area contributed by atoms with Crippen molar-refractivity contribution in [1.29, 1.82) is 0 Å². The molecule has 2 nitrogen and oxygen atoms in total. The van der Waals surface area contributed by atoms with Crippen LogP contribution >= 0.6 is 0 Å². The van der Waals surface area contributed by atoms with Gasteiger partial charge in [-0.25, -0.2) is 0 Å². The van der Waals surface area contributed by atoms with E-state index in [0.29, 0.717) is 5.92 Å². The monoisotopic (exact) mass is 202 g/mol. The van der Waals surface area contributed by atoms with Crippen molar-refractivity contribution in [1.82, 2.24) is 0 Å². The number of unbranched alkanes of at least 4 members (excludes halogenated alkanes) is 3. The van der Waals surface area contributed by atoms with Gasteiger partial charge in [-0.1, -0.05) is 26.7 Å². The maximum Gasteiger partial charge on any atom is 0.0488 e. The second-order valence-corrected chi connectivity index (χ2v) is 4.08. The molecule has 0 N–H and O–H groups in total. The van der Waals surface area contributed by atoms with Crippen LogP contribution in [0, 0.1) is 5.92 Å². The molecule has 14 heavy (non-hydrogen) atoms. The lowest BCUT2D eigenvalue weighted by atomic mass is 10.2. The summed E-state index contributed by atoms with van der Waals surface area (Å²) in [5.74, 6) is 0.660. The van der Waals surface area contributed by atoms with E-state index in [-0.39, 0.29) is 0 Å². The quantitative estimate of drug-likeness (QED) is 0.506. The highest BCUT2D eigenvalue weighted by Crippen LogP contribution is 2.01. The number of hydrogen-bond acceptors (Lipinski definition) is 2. The molecule has 0 aliphatic carbocycles. The van der Waals surface area contributed by atoms with Gasteiger partial charge in [0.05, 0.1) is 0 Å². The van der Waals surface area contributed by atoms with Crippen LogP contribution in [-0.2, 0) is 9.47 Å². The van der Waals surface area contributed by atoms with Gasteiger partial charge in [0.15, 0.2) is 0 Å². The van der Waals surface area contributed by atoms with Crippen LogP contribution in [0.3, 0.4) is 0 Å². The Bertz CT molecular complexity index is 102. The molecule has 0 saturated carbocycles. The van der Waals surface area contributed by atoms with Crippen molar-refractivity contribution >= 4 is 0 Å². The fraction of sp³-hybridized carbons (Fsp3) is 1.00. The molecular weight excluding hydrogens is 176 g/mol. The number of hydrogen-bond donors (Lipinski definition) is 0. The predicted octanol–water partition coefficient (Wildman–Crippen LogP) is 3.26. The first-order valence-electron chi connectivity index (χ1n) is 5.92. The van der Waals surface area contributed by atoms with Crippen molar-refractivity contribution in [2.75, 3.05) is 26.4 Å². The summed E-state index contributed by atoms with van der Waals surface area (Å²) in [5, 5.41) is 0. The number of ether oxygens (including phenoxy) is 2. The largest absolute Gasteiger partial charge is 0.382 e. The Morgan fingerprint density at radius 2 is 1.43 bits per heavy atom. The SMILES string of the molecule is CCOCCCCCCOCC(C)C. The third-order valence-corrected chi connectivity index (χ3v) is 1.98. The molecular formula is C12H26O2. The Kier molecular flexibility index (Phi) is 10.9. The van der Waals surface area contributed by atoms with E-state index < -0.39 is 0 Å². The lowest BCUT2D eigenvalue weighted by Crippen LogP contribution is -2.03. The van der Waals surface area contributed by atoms with Gasteiger partial charge in [0.25, 0.3) is 0 Å². The summed E-state index contributed by atoms with van der Waals surface area (Å²) >= 11 is 0. The summed E-state index contributed by atoms with van der Waals surface area (Å²) in [5.41, 5.74) is 0. The minimum atomic E-state index is 0.660. The Balaban J connectivity index is 2.85. The predicted molar refractivity (Wildman–Crippen MR) is 60.6 cm³/mol. The molecule has 0 aromatic rings. The van der Waals surface area contributed by atoms with Crippen LogP contribution in [0.1, 0.15) is 46.5 Å². The molecule has 0 aliphatic rings. The van der Waals surface area contributed by atoms with E-state index in [9.17, 15) is 0 Å². The molecule has 0 fully saturated rings. The molecule has 0 spiro atoms. The highest BCUT2D eigenvalue weighted by molar-refractivity contribution is 4.44. The second kappa shape index (κ2) is 11.0. The minimum absolute atomic E-state index is 0.660. The molecule has 0 aliphatic heterocycles. The van der Waals surface area contributed by atoms with Crippen molar-refractivity contribution in [3.8, 4) is 0 Å². The Morgan fingerprint density at radius 3 is 1.93 bits per heavy atom. The standard InChI is InChI=1S/C12H26O2/c1-4-13-9-7-5-6-8-10-14-11-12(2)3/h12H,4-11H2,1-3H3. The molecule has 0 heterocycles. The van der Waals surface area contributed by atoms with E-state index in [1.807, 2.05) is 6.92 Å². The van der Waals surface area contributed by atoms with Gasteiger partial charge in [-0.3, -0.25) is 0 Å². The summed E-state index contributed by atoms with van der Waals surface area (Å²) in [6.07, 6.45) is 4.92. The van der Waals surface area contributed by atoms with Crippen molar-refractivity contribution in [2.24, 2.45) is 5.92 Å². The molecule has 0 atom stereocenters. The van der Waals surface area contributed by atoms with Crippen LogP contribution in [0.5, 0.6) is 0 Å². The third-order valence-electron chi connectivity index (χ3n) is 1.98. The summed E-state index contributed by atoms with van der Waals surface area (Å²) in [6, 6.07) is 0. The summed E-state index contributed by atoms with van der Waals surface area (Å²) in [6.45, 7) is 10.00. The van der Waals surface area contributed by atoms with Crippen molar-refractivity contribution in [3.63, 3.8) is 0 Å². The van der Waals surface area contributed by atoms with Gasteiger partial charge >= 0.3 is 0 Å². The van der Waals surface area contributed by atoms with Gasteiger partial charge < -0.3 is 9.47 Å². The maximum atomic E-state index is 5.49. The van der Waals surface area contributed by atoms with Crippen LogP contribution in [0.15, 0.2) is 0 Å². The van der Waals surface area contributed by atoms with Crippen molar-refractivity contribution in [3.05, 3.63) is 0 Å². The van der Waals surface area contributed by atoms with E-state index in [0.717, 1.165) is 26.4 Å². The van der Waals surface area contributed by atoms with Gasteiger partial charge in [0.2, 0.25) is 0 Å². The average molecular weight is 202 g/mol. The molecule has 0 amide bonds. The van der Waals surface area contributed by atoms with E-state index in [4.69, 9.17) is 9.47 Å². The van der Waals surface area contributed by atoms with Crippen molar-refractivity contribution < 1.29 is 9.47 Å². The van der Waals surface area contributed by atoms with E-state index in [1.165, 1.54) is 25.7 Å². The smallest absolute Gasteiger partial charge is 0.0488 e. The topological polar surface area (TPSA) is 18.5 Å². The highest BCUT2D eigenvalue weighted by Gasteiger charge is 1.94. The molecule has 0 aromatic carbocycles. The zero-order valence-electron chi connectivity index (χ0n) is 10.1. The second-order valence-electron chi connectivity index (χ2n) is 4.08. The van der Waals surface area contributed by atoms with Crippen LogP contribution in [0.25, 0.3) is 0 Å². The molecule has 0 aromatic heterocycles. The lowest BCUT2D eigenvalue weighted by molar-refractivity contribution is 0.105. The van der Waals surface area contributed by atoms with Crippen LogP contribution in [0.4, 0.5) is 0 Å². The zero-order valence-corrected chi connectivity index (χ0v) is 10.1. The van der Waals surface area contributed by atoms with Crippen LogP contribution in [-0.4, -0.2) is 26.4 Å². The first kappa shape index (κ1) is 13.9. The normalized spacial score (nSPS) is 11.1. The summed E-state index contributed by atoms with van der Waals surface area (Å²) < 4.78 is 10.8. The van der Waals surface area contributed by atoms with E-state index in [2.05, 4.69) is 13.8 Å². The highest BCUT2D eigenvalue weighted by atomic mass is 16.5. The first-order valence-corrected chi connectivity index (χ1v) is 5.92. The van der Waals surface area contributed by atoms with E-state index >= 15 is 0 Å². The van der Waals surface area contributed by atoms with Gasteiger partial charge in [-0.15, -0.1) is 0 Å².